The molecule has 2 aliphatic heterocycles. The molecule has 0 bridgehead atoms. The van der Waals surface area contributed by atoms with E-state index < -0.39 is 5.60 Å². The first-order valence-corrected chi connectivity index (χ1v) is 13.6. The molecule has 8 nitrogen and oxygen atoms in total. The Morgan fingerprint density at radius 1 is 1.08 bits per heavy atom. The van der Waals surface area contributed by atoms with E-state index in [0.29, 0.717) is 11.4 Å². The second-order valence-electron chi connectivity index (χ2n) is 12.7. The van der Waals surface area contributed by atoms with E-state index in [2.05, 4.69) is 43.1 Å². The number of amides is 2. The average molecular weight is 536 g/mol. The highest BCUT2D eigenvalue weighted by Crippen LogP contribution is 2.63. The van der Waals surface area contributed by atoms with E-state index in [4.69, 9.17) is 16.3 Å². The fourth-order valence-electron chi connectivity index (χ4n) is 6.68. The highest BCUT2D eigenvalue weighted by Gasteiger charge is 2.72. The molecular formula is C29H34ClN5O3. The molecular weight excluding hydrogens is 502 g/mol. The quantitative estimate of drug-likeness (QED) is 0.493. The molecule has 1 N–H and O–H groups in total. The van der Waals surface area contributed by atoms with Gasteiger partial charge in [0.05, 0.1) is 40.8 Å². The van der Waals surface area contributed by atoms with Crippen LogP contribution in [0.3, 0.4) is 0 Å². The first-order valence-electron chi connectivity index (χ1n) is 13.2. The van der Waals surface area contributed by atoms with Crippen LogP contribution in [0.25, 0.3) is 16.8 Å². The van der Waals surface area contributed by atoms with Crippen LogP contribution in [-0.2, 0) is 27.3 Å². The number of carbonyl (C=O) groups excluding carboxylic acids is 2. The largest absolute Gasteiger partial charge is 0.366 e. The van der Waals surface area contributed by atoms with Gasteiger partial charge in [0.25, 0.3) is 0 Å². The van der Waals surface area contributed by atoms with Crippen LogP contribution in [0.15, 0.2) is 30.7 Å². The normalized spacial score (nSPS) is 27.7. The predicted octanol–water partition coefficient (Wildman–Crippen LogP) is 4.20. The maximum absolute atomic E-state index is 12.9. The zero-order valence-corrected chi connectivity index (χ0v) is 23.5. The second kappa shape index (κ2) is 8.34. The Balaban J connectivity index is 1.36. The molecule has 38 heavy (non-hydrogen) atoms. The SMILES string of the molecule is Cc1cc(Cl)cc(-c2ncnn3cc(CN4C(=O)C5C(C4=O)C5(C)C)cc23)c1CC1(C)CNCC(C)(C)O1. The molecule has 2 amide bonds. The third-order valence-electron chi connectivity index (χ3n) is 8.51. The molecule has 1 saturated carbocycles. The number of aromatic nitrogens is 3. The summed E-state index contributed by atoms with van der Waals surface area (Å²) < 4.78 is 8.31. The summed E-state index contributed by atoms with van der Waals surface area (Å²) in [7, 11) is 0. The molecule has 3 atom stereocenters. The van der Waals surface area contributed by atoms with Crippen molar-refractivity contribution in [3.63, 3.8) is 0 Å². The van der Waals surface area contributed by atoms with Crippen molar-refractivity contribution in [2.75, 3.05) is 13.1 Å². The second-order valence-corrected chi connectivity index (χ2v) is 13.1. The number of nitrogens with zero attached hydrogens (tertiary/aromatic N) is 4. The summed E-state index contributed by atoms with van der Waals surface area (Å²) in [5, 5.41) is 8.57. The molecule has 9 heteroatoms. The number of morpholine rings is 1. The number of rotatable bonds is 5. The minimum atomic E-state index is -0.406. The summed E-state index contributed by atoms with van der Waals surface area (Å²) >= 11 is 6.56. The van der Waals surface area contributed by atoms with E-state index >= 15 is 0 Å². The van der Waals surface area contributed by atoms with Gasteiger partial charge in [-0.15, -0.1) is 0 Å². The fourth-order valence-corrected chi connectivity index (χ4v) is 6.95. The van der Waals surface area contributed by atoms with Crippen LogP contribution >= 0.6 is 11.6 Å². The average Bonchev–Trinajstić information content (AvgIpc) is 3.06. The maximum Gasteiger partial charge on any atom is 0.233 e. The lowest BCUT2D eigenvalue weighted by Crippen LogP contribution is -2.57. The maximum atomic E-state index is 12.9. The van der Waals surface area contributed by atoms with Crippen LogP contribution in [0, 0.1) is 24.2 Å². The number of piperidine rings is 1. The number of nitrogens with one attached hydrogen (secondary N) is 1. The summed E-state index contributed by atoms with van der Waals surface area (Å²) in [5.74, 6) is -0.530. The molecule has 2 aromatic heterocycles. The van der Waals surface area contributed by atoms with E-state index in [0.717, 1.165) is 46.6 Å². The monoisotopic (exact) mass is 535 g/mol. The van der Waals surface area contributed by atoms with Gasteiger partial charge in [0.15, 0.2) is 0 Å². The van der Waals surface area contributed by atoms with Crippen molar-refractivity contribution in [1.82, 2.24) is 24.8 Å². The molecule has 4 heterocycles. The Hall–Kier alpha value is -2.81. The molecule has 3 aliphatic rings. The molecule has 3 aromatic rings. The lowest BCUT2D eigenvalue weighted by Gasteiger charge is -2.44. The Labute approximate surface area is 227 Å². The highest BCUT2D eigenvalue weighted by atomic mass is 35.5. The third kappa shape index (κ3) is 4.05. The lowest BCUT2D eigenvalue weighted by atomic mass is 9.86. The van der Waals surface area contributed by atoms with Crippen LogP contribution in [-0.4, -0.2) is 55.6 Å². The summed E-state index contributed by atoms with van der Waals surface area (Å²) in [5.41, 5.74) is 4.59. The summed E-state index contributed by atoms with van der Waals surface area (Å²) in [6, 6.07) is 5.89. The number of hydrogen-bond acceptors (Lipinski definition) is 6. The van der Waals surface area contributed by atoms with E-state index in [1.165, 1.54) is 11.2 Å². The van der Waals surface area contributed by atoms with Crippen molar-refractivity contribution >= 4 is 28.9 Å². The summed E-state index contributed by atoms with van der Waals surface area (Å²) in [4.78, 5) is 31.9. The molecule has 1 aromatic carbocycles. The number of halogens is 1. The van der Waals surface area contributed by atoms with Gasteiger partial charge in [-0.3, -0.25) is 14.5 Å². The van der Waals surface area contributed by atoms with Gasteiger partial charge in [0, 0.05) is 36.3 Å². The highest BCUT2D eigenvalue weighted by molar-refractivity contribution is 6.31. The van der Waals surface area contributed by atoms with Crippen molar-refractivity contribution in [3.05, 3.63) is 52.4 Å². The van der Waals surface area contributed by atoms with Crippen molar-refractivity contribution in [2.24, 2.45) is 17.3 Å². The summed E-state index contributed by atoms with van der Waals surface area (Å²) in [6.45, 7) is 14.2. The van der Waals surface area contributed by atoms with Crippen molar-refractivity contribution < 1.29 is 14.3 Å². The molecule has 200 valence electrons. The van der Waals surface area contributed by atoms with Gasteiger partial charge in [-0.05, 0) is 68.0 Å². The lowest BCUT2D eigenvalue weighted by molar-refractivity contribution is -0.151. The van der Waals surface area contributed by atoms with Gasteiger partial charge in [-0.2, -0.15) is 5.10 Å². The molecule has 2 saturated heterocycles. The first kappa shape index (κ1) is 25.5. The molecule has 3 fully saturated rings. The number of fused-ring (bicyclic) bond motifs is 2. The Kier molecular flexibility index (Phi) is 5.59. The van der Waals surface area contributed by atoms with Gasteiger partial charge in [0.1, 0.15) is 6.33 Å². The van der Waals surface area contributed by atoms with Crippen molar-refractivity contribution in [3.8, 4) is 11.3 Å². The van der Waals surface area contributed by atoms with Gasteiger partial charge in [-0.1, -0.05) is 25.4 Å². The van der Waals surface area contributed by atoms with Gasteiger partial charge >= 0.3 is 0 Å². The van der Waals surface area contributed by atoms with E-state index in [1.54, 1.807) is 4.52 Å². The number of hydrogen-bond donors (Lipinski definition) is 1. The topological polar surface area (TPSA) is 88.8 Å². The standard InChI is InChI=1S/C29H34ClN5O3/c1-16-7-18(30)9-19(20(16)10-29(6)14-31-13-27(2,3)38-29)24-21-8-17(12-35(21)33-15-32-24)11-34-25(36)22-23(26(34)37)28(22,4)5/h7-9,12,15,22-23,31H,10-11,13-14H2,1-6H3. The third-order valence-corrected chi connectivity index (χ3v) is 8.73. The van der Waals surface area contributed by atoms with Crippen LogP contribution in [0.2, 0.25) is 5.02 Å². The Morgan fingerprint density at radius 3 is 2.47 bits per heavy atom. The number of ether oxygens (including phenoxy) is 1. The number of likely N-dealkylation sites (tertiary alicyclic amines) is 1. The Morgan fingerprint density at radius 2 is 1.79 bits per heavy atom. The van der Waals surface area contributed by atoms with Crippen molar-refractivity contribution in [1.29, 1.82) is 0 Å². The fraction of sp³-hybridized carbons (Fsp3) is 0.517. The number of aryl methyl sites for hydroxylation is 1. The van der Waals surface area contributed by atoms with Crippen LogP contribution < -0.4 is 5.32 Å². The van der Waals surface area contributed by atoms with E-state index in [9.17, 15) is 9.59 Å². The zero-order chi connectivity index (χ0) is 27.2. The van der Waals surface area contributed by atoms with Crippen molar-refractivity contribution in [2.45, 2.75) is 65.7 Å². The van der Waals surface area contributed by atoms with Crippen LogP contribution in [0.5, 0.6) is 0 Å². The van der Waals surface area contributed by atoms with Gasteiger partial charge < -0.3 is 10.1 Å². The molecule has 0 spiro atoms. The van der Waals surface area contributed by atoms with Gasteiger partial charge in [-0.25, -0.2) is 9.50 Å². The van der Waals surface area contributed by atoms with E-state index in [-0.39, 0.29) is 41.2 Å². The molecule has 3 unspecified atom stereocenters. The smallest absolute Gasteiger partial charge is 0.233 e. The van der Waals surface area contributed by atoms with Crippen LogP contribution in [0.4, 0.5) is 0 Å². The van der Waals surface area contributed by atoms with Gasteiger partial charge in [0.2, 0.25) is 11.8 Å². The molecule has 6 rings (SSSR count). The molecule has 1 aliphatic carbocycles. The number of carbonyl (C=O) groups is 2. The Bertz CT molecular complexity index is 1470. The minimum Gasteiger partial charge on any atom is -0.366 e. The predicted molar refractivity (Wildman–Crippen MR) is 145 cm³/mol. The van der Waals surface area contributed by atoms with Crippen LogP contribution in [0.1, 0.15) is 51.3 Å². The minimum absolute atomic E-state index is 0.0726. The zero-order valence-electron chi connectivity index (χ0n) is 22.8. The number of imide groups is 1. The number of benzene rings is 1. The molecule has 0 radical (unpaired) electrons. The summed E-state index contributed by atoms with van der Waals surface area (Å²) in [6.07, 6.45) is 4.07. The first-order chi connectivity index (χ1) is 17.8. The van der Waals surface area contributed by atoms with E-state index in [1.807, 2.05) is 38.2 Å².